The molecule has 0 radical (unpaired) electrons. The van der Waals surface area contributed by atoms with Crippen molar-refractivity contribution in [2.24, 2.45) is 5.92 Å². The van der Waals surface area contributed by atoms with Crippen LogP contribution in [0.5, 0.6) is 0 Å². The maximum atomic E-state index is 11.6. The van der Waals surface area contributed by atoms with Gasteiger partial charge < -0.3 is 0 Å². The van der Waals surface area contributed by atoms with Gasteiger partial charge in [0.05, 0.1) is 0 Å². The highest BCUT2D eigenvalue weighted by Crippen LogP contribution is 2.23. The van der Waals surface area contributed by atoms with Crippen molar-refractivity contribution < 1.29 is 4.79 Å². The summed E-state index contributed by atoms with van der Waals surface area (Å²) < 4.78 is 0. The Morgan fingerprint density at radius 3 is 3.12 bits per heavy atom. The van der Waals surface area contributed by atoms with Crippen LogP contribution < -0.4 is 0 Å². The molecule has 1 aromatic heterocycles. The van der Waals surface area contributed by atoms with E-state index in [0.717, 1.165) is 31.2 Å². The summed E-state index contributed by atoms with van der Waals surface area (Å²) in [5, 5.41) is 0. The van der Waals surface area contributed by atoms with Gasteiger partial charge in [-0.2, -0.15) is 0 Å². The monoisotopic (exact) mass is 215 g/mol. The molecule has 2 nitrogen and oxygen atoms in total. The van der Waals surface area contributed by atoms with Crippen LogP contribution >= 0.6 is 0 Å². The van der Waals surface area contributed by atoms with E-state index in [2.05, 4.69) is 17.1 Å². The van der Waals surface area contributed by atoms with E-state index >= 15 is 0 Å². The number of rotatable bonds is 3. The number of aromatic nitrogens is 1. The third-order valence-corrected chi connectivity index (χ3v) is 3.10. The molecule has 0 aromatic carbocycles. The van der Waals surface area contributed by atoms with Crippen molar-refractivity contribution in [3.05, 3.63) is 36.2 Å². The number of allylic oxidation sites excluding steroid dienone is 1. The van der Waals surface area contributed by atoms with Crippen molar-refractivity contribution in [1.82, 2.24) is 4.98 Å². The molecule has 2 heteroatoms. The van der Waals surface area contributed by atoms with Crippen LogP contribution in [-0.2, 0) is 4.79 Å². The summed E-state index contributed by atoms with van der Waals surface area (Å²) in [4.78, 5) is 15.6. The molecule has 1 saturated carbocycles. The van der Waals surface area contributed by atoms with Crippen LogP contribution in [0.25, 0.3) is 6.08 Å². The molecule has 0 aliphatic heterocycles. The molecule has 1 aliphatic carbocycles. The van der Waals surface area contributed by atoms with Gasteiger partial charge in [-0.05, 0) is 30.9 Å². The van der Waals surface area contributed by atoms with Gasteiger partial charge in [-0.3, -0.25) is 9.78 Å². The molecule has 0 spiro atoms. The van der Waals surface area contributed by atoms with Crippen LogP contribution in [0.4, 0.5) is 0 Å². The fourth-order valence-electron chi connectivity index (χ4n) is 2.15. The largest absolute Gasteiger partial charge is 0.299 e. The van der Waals surface area contributed by atoms with E-state index < -0.39 is 0 Å². The number of carbonyl (C=O) groups excluding carboxylic acids is 1. The van der Waals surface area contributed by atoms with Gasteiger partial charge >= 0.3 is 0 Å². The molecule has 1 atom stereocenters. The Balaban J connectivity index is 1.87. The summed E-state index contributed by atoms with van der Waals surface area (Å²) in [5.41, 5.74) is 1.10. The summed E-state index contributed by atoms with van der Waals surface area (Å²) in [6, 6.07) is 3.94. The second-order valence-corrected chi connectivity index (χ2v) is 4.33. The number of nitrogens with zero attached hydrogens (tertiary/aromatic N) is 1. The highest BCUT2D eigenvalue weighted by atomic mass is 16.1. The fraction of sp³-hybridized carbons (Fsp3) is 0.429. The zero-order valence-corrected chi connectivity index (χ0v) is 9.43. The second-order valence-electron chi connectivity index (χ2n) is 4.33. The smallest absolute Gasteiger partial charge is 0.136 e. The molecule has 1 aliphatic rings. The van der Waals surface area contributed by atoms with Crippen LogP contribution in [0.2, 0.25) is 0 Å². The molecule has 0 bridgehead atoms. The SMILES string of the molecule is O=C1CCCC[C@@H]1C/C=C/c1cccnc1. The van der Waals surface area contributed by atoms with Gasteiger partial charge in [-0.25, -0.2) is 0 Å². The van der Waals surface area contributed by atoms with Gasteiger partial charge in [0.2, 0.25) is 0 Å². The van der Waals surface area contributed by atoms with E-state index in [1.54, 1.807) is 6.20 Å². The first-order chi connectivity index (χ1) is 7.86. The maximum absolute atomic E-state index is 11.6. The zero-order chi connectivity index (χ0) is 11.2. The van der Waals surface area contributed by atoms with E-state index in [-0.39, 0.29) is 5.92 Å². The standard InChI is InChI=1S/C14H17NO/c16-14-9-2-1-7-13(14)8-3-5-12-6-4-10-15-11-12/h3-6,10-11,13H,1-2,7-9H2/b5-3+/t13-/m1/s1. The Hall–Kier alpha value is -1.44. The van der Waals surface area contributed by atoms with Crippen LogP contribution in [0.1, 0.15) is 37.7 Å². The molecule has 1 fully saturated rings. The summed E-state index contributed by atoms with van der Waals surface area (Å²) in [6.07, 6.45) is 12.8. The van der Waals surface area contributed by atoms with Crippen molar-refractivity contribution >= 4 is 11.9 Å². The number of ketones is 1. The maximum Gasteiger partial charge on any atom is 0.136 e. The molecular weight excluding hydrogens is 198 g/mol. The number of hydrogen-bond acceptors (Lipinski definition) is 2. The highest BCUT2D eigenvalue weighted by Gasteiger charge is 2.20. The lowest BCUT2D eigenvalue weighted by Gasteiger charge is -2.18. The average molecular weight is 215 g/mol. The third kappa shape index (κ3) is 3.02. The lowest BCUT2D eigenvalue weighted by Crippen LogP contribution is -2.17. The second kappa shape index (κ2) is 5.59. The summed E-state index contributed by atoms with van der Waals surface area (Å²) in [6.45, 7) is 0. The lowest BCUT2D eigenvalue weighted by atomic mass is 9.85. The number of pyridine rings is 1. The van der Waals surface area contributed by atoms with E-state index in [0.29, 0.717) is 5.78 Å². The van der Waals surface area contributed by atoms with Gasteiger partial charge in [-0.1, -0.05) is 24.6 Å². The van der Waals surface area contributed by atoms with Crippen molar-refractivity contribution in [3.63, 3.8) is 0 Å². The predicted octanol–water partition coefficient (Wildman–Crippen LogP) is 3.24. The van der Waals surface area contributed by atoms with Crippen LogP contribution in [0, 0.1) is 5.92 Å². The molecule has 16 heavy (non-hydrogen) atoms. The zero-order valence-electron chi connectivity index (χ0n) is 9.43. The first-order valence-electron chi connectivity index (χ1n) is 5.95. The molecule has 0 N–H and O–H groups in total. The first kappa shape index (κ1) is 11.1. The summed E-state index contributed by atoms with van der Waals surface area (Å²) in [5.74, 6) is 0.712. The minimum absolute atomic E-state index is 0.265. The number of carbonyl (C=O) groups is 1. The summed E-state index contributed by atoms with van der Waals surface area (Å²) >= 11 is 0. The highest BCUT2D eigenvalue weighted by molar-refractivity contribution is 5.81. The van der Waals surface area contributed by atoms with Gasteiger partial charge in [0, 0.05) is 24.7 Å². The van der Waals surface area contributed by atoms with Crippen LogP contribution in [0.15, 0.2) is 30.6 Å². The topological polar surface area (TPSA) is 30.0 Å². The summed E-state index contributed by atoms with van der Waals surface area (Å²) in [7, 11) is 0. The van der Waals surface area contributed by atoms with E-state index in [4.69, 9.17) is 0 Å². The third-order valence-electron chi connectivity index (χ3n) is 3.10. The van der Waals surface area contributed by atoms with E-state index in [9.17, 15) is 4.79 Å². The molecule has 0 amide bonds. The normalized spacial score (nSPS) is 21.5. The Labute approximate surface area is 96.4 Å². The number of hydrogen-bond donors (Lipinski definition) is 0. The van der Waals surface area contributed by atoms with Crippen LogP contribution in [-0.4, -0.2) is 10.8 Å². The minimum atomic E-state index is 0.265. The average Bonchev–Trinajstić information content (AvgIpc) is 2.33. The quantitative estimate of drug-likeness (QED) is 0.774. The van der Waals surface area contributed by atoms with E-state index in [1.165, 1.54) is 6.42 Å². The Kier molecular flexibility index (Phi) is 3.86. The molecule has 84 valence electrons. The van der Waals surface area contributed by atoms with Gasteiger partial charge in [0.1, 0.15) is 5.78 Å². The van der Waals surface area contributed by atoms with Crippen molar-refractivity contribution in [2.75, 3.05) is 0 Å². The molecule has 0 saturated heterocycles. The fourth-order valence-corrected chi connectivity index (χ4v) is 2.15. The minimum Gasteiger partial charge on any atom is -0.299 e. The molecule has 0 unspecified atom stereocenters. The number of Topliss-reactive ketones (excluding diaryl/α,β-unsaturated/α-hetero) is 1. The van der Waals surface area contributed by atoms with Crippen molar-refractivity contribution in [3.8, 4) is 0 Å². The lowest BCUT2D eigenvalue weighted by molar-refractivity contribution is -0.124. The molecule has 1 heterocycles. The van der Waals surface area contributed by atoms with Crippen LogP contribution in [0.3, 0.4) is 0 Å². The Morgan fingerprint density at radius 1 is 1.44 bits per heavy atom. The van der Waals surface area contributed by atoms with Gasteiger partial charge in [0.15, 0.2) is 0 Å². The van der Waals surface area contributed by atoms with Crippen molar-refractivity contribution in [1.29, 1.82) is 0 Å². The van der Waals surface area contributed by atoms with Crippen molar-refractivity contribution in [2.45, 2.75) is 32.1 Å². The predicted molar refractivity (Wildman–Crippen MR) is 64.9 cm³/mol. The van der Waals surface area contributed by atoms with Gasteiger partial charge in [0.25, 0.3) is 0 Å². The van der Waals surface area contributed by atoms with E-state index in [1.807, 2.05) is 18.3 Å². The molecular formula is C14H17NO. The van der Waals surface area contributed by atoms with Gasteiger partial charge in [-0.15, -0.1) is 0 Å². The Bertz CT molecular complexity index is 370. The molecule has 2 rings (SSSR count). The first-order valence-corrected chi connectivity index (χ1v) is 5.95. The molecule has 1 aromatic rings. The Morgan fingerprint density at radius 2 is 2.38 bits per heavy atom.